The second-order valence-corrected chi connectivity index (χ2v) is 5.94. The molecule has 0 aliphatic carbocycles. The van der Waals surface area contributed by atoms with Crippen molar-refractivity contribution in [2.45, 2.75) is 4.90 Å². The van der Waals surface area contributed by atoms with Crippen molar-refractivity contribution in [1.82, 2.24) is 4.72 Å². The number of hydrogen-bond acceptors (Lipinski definition) is 3. The molecule has 20 heavy (non-hydrogen) atoms. The Bertz CT molecular complexity index is 712. The molecule has 2 N–H and O–H groups in total. The van der Waals surface area contributed by atoms with Crippen molar-refractivity contribution < 1.29 is 13.2 Å². The third-order valence-electron chi connectivity index (χ3n) is 2.71. The van der Waals surface area contributed by atoms with E-state index in [2.05, 4.69) is 10.0 Å². The van der Waals surface area contributed by atoms with E-state index in [-0.39, 0.29) is 16.4 Å². The van der Waals surface area contributed by atoms with E-state index in [9.17, 15) is 13.2 Å². The lowest BCUT2D eigenvalue weighted by molar-refractivity contribution is 0.102. The first-order chi connectivity index (χ1) is 9.53. The Balaban J connectivity index is 2.26. The summed E-state index contributed by atoms with van der Waals surface area (Å²) in [6.45, 7) is 0. The Labute approximate surface area is 117 Å². The summed E-state index contributed by atoms with van der Waals surface area (Å²) in [5, 5.41) is 2.70. The van der Waals surface area contributed by atoms with Gasteiger partial charge in [-0.05, 0) is 37.4 Å². The molecule has 0 aliphatic rings. The van der Waals surface area contributed by atoms with Crippen LogP contribution in [0.5, 0.6) is 0 Å². The summed E-state index contributed by atoms with van der Waals surface area (Å²) >= 11 is 0. The number of para-hydroxylation sites is 1. The molecule has 2 aromatic rings. The molecule has 0 aromatic heterocycles. The summed E-state index contributed by atoms with van der Waals surface area (Å²) in [7, 11) is -2.23. The standard InChI is InChI=1S/C14H14N2O3S/c1-15-20(18,19)13-9-5-6-11(10-13)14(17)16-12-7-3-2-4-8-12/h2-10,15H,1H3,(H,16,17). The van der Waals surface area contributed by atoms with Gasteiger partial charge in [-0.1, -0.05) is 24.3 Å². The van der Waals surface area contributed by atoms with E-state index in [0.29, 0.717) is 5.69 Å². The molecule has 0 fully saturated rings. The Kier molecular flexibility index (Phi) is 4.16. The number of benzene rings is 2. The van der Waals surface area contributed by atoms with Crippen molar-refractivity contribution in [2.24, 2.45) is 0 Å². The van der Waals surface area contributed by atoms with Crippen LogP contribution in [-0.2, 0) is 10.0 Å². The van der Waals surface area contributed by atoms with E-state index >= 15 is 0 Å². The van der Waals surface area contributed by atoms with Gasteiger partial charge in [0.25, 0.3) is 5.91 Å². The van der Waals surface area contributed by atoms with Crippen LogP contribution in [0.3, 0.4) is 0 Å². The Morgan fingerprint density at radius 2 is 1.70 bits per heavy atom. The summed E-state index contributed by atoms with van der Waals surface area (Å²) in [5.74, 6) is -0.357. The zero-order valence-corrected chi connectivity index (χ0v) is 11.6. The molecule has 0 atom stereocenters. The van der Waals surface area contributed by atoms with Gasteiger partial charge >= 0.3 is 0 Å². The Hall–Kier alpha value is -2.18. The van der Waals surface area contributed by atoms with Crippen LogP contribution in [0.25, 0.3) is 0 Å². The molecule has 0 spiro atoms. The SMILES string of the molecule is CNS(=O)(=O)c1cccc(C(=O)Nc2ccccc2)c1. The molecule has 0 heterocycles. The number of sulfonamides is 1. The molecular weight excluding hydrogens is 276 g/mol. The topological polar surface area (TPSA) is 75.3 Å². The predicted molar refractivity (Wildman–Crippen MR) is 77.1 cm³/mol. The molecule has 5 nitrogen and oxygen atoms in total. The molecule has 0 bridgehead atoms. The highest BCUT2D eigenvalue weighted by Gasteiger charge is 2.14. The van der Waals surface area contributed by atoms with E-state index in [1.165, 1.54) is 25.2 Å². The number of carbonyl (C=O) groups is 1. The number of carbonyl (C=O) groups excluding carboxylic acids is 1. The maximum absolute atomic E-state index is 12.1. The van der Waals surface area contributed by atoms with E-state index in [0.717, 1.165) is 0 Å². The second-order valence-electron chi connectivity index (χ2n) is 4.06. The van der Waals surface area contributed by atoms with Gasteiger partial charge in [-0.3, -0.25) is 4.79 Å². The van der Waals surface area contributed by atoms with Crippen LogP contribution >= 0.6 is 0 Å². The first kappa shape index (κ1) is 14.2. The van der Waals surface area contributed by atoms with E-state index < -0.39 is 10.0 Å². The monoisotopic (exact) mass is 290 g/mol. The van der Waals surface area contributed by atoms with Gasteiger partial charge in [0.15, 0.2) is 0 Å². The van der Waals surface area contributed by atoms with Crippen molar-refractivity contribution >= 4 is 21.6 Å². The number of anilines is 1. The highest BCUT2D eigenvalue weighted by Crippen LogP contribution is 2.13. The highest BCUT2D eigenvalue weighted by molar-refractivity contribution is 7.89. The lowest BCUT2D eigenvalue weighted by atomic mass is 10.2. The van der Waals surface area contributed by atoms with Gasteiger partial charge in [-0.2, -0.15) is 0 Å². The van der Waals surface area contributed by atoms with Gasteiger partial charge in [0.1, 0.15) is 0 Å². The Morgan fingerprint density at radius 1 is 1.00 bits per heavy atom. The minimum atomic E-state index is -3.56. The third kappa shape index (κ3) is 3.23. The van der Waals surface area contributed by atoms with Gasteiger partial charge in [0, 0.05) is 11.3 Å². The normalized spacial score (nSPS) is 11.1. The van der Waals surface area contributed by atoms with Gasteiger partial charge < -0.3 is 5.32 Å². The largest absolute Gasteiger partial charge is 0.322 e. The van der Waals surface area contributed by atoms with Crippen molar-refractivity contribution in [2.75, 3.05) is 12.4 Å². The minimum absolute atomic E-state index is 0.0562. The molecule has 0 aliphatic heterocycles. The van der Waals surface area contributed by atoms with Crippen molar-refractivity contribution in [3.8, 4) is 0 Å². The van der Waals surface area contributed by atoms with Gasteiger partial charge in [-0.15, -0.1) is 0 Å². The fraction of sp³-hybridized carbons (Fsp3) is 0.0714. The fourth-order valence-electron chi connectivity index (χ4n) is 1.65. The van der Waals surface area contributed by atoms with E-state index in [1.54, 1.807) is 30.3 Å². The fourth-order valence-corrected chi connectivity index (χ4v) is 2.42. The van der Waals surface area contributed by atoms with Crippen LogP contribution in [0, 0.1) is 0 Å². The molecule has 6 heteroatoms. The third-order valence-corrected chi connectivity index (χ3v) is 4.12. The maximum atomic E-state index is 12.1. The summed E-state index contributed by atoms with van der Waals surface area (Å²) in [6.07, 6.45) is 0. The molecule has 2 rings (SSSR count). The van der Waals surface area contributed by atoms with Crippen LogP contribution in [-0.4, -0.2) is 21.4 Å². The average molecular weight is 290 g/mol. The lowest BCUT2D eigenvalue weighted by Crippen LogP contribution is -2.19. The molecule has 1 amide bonds. The molecule has 0 saturated carbocycles. The maximum Gasteiger partial charge on any atom is 0.255 e. The van der Waals surface area contributed by atoms with Gasteiger partial charge in [0.2, 0.25) is 10.0 Å². The first-order valence-electron chi connectivity index (χ1n) is 5.93. The highest BCUT2D eigenvalue weighted by atomic mass is 32.2. The Morgan fingerprint density at radius 3 is 2.35 bits per heavy atom. The zero-order chi connectivity index (χ0) is 14.6. The second kappa shape index (κ2) is 5.85. The predicted octanol–water partition coefficient (Wildman–Crippen LogP) is 1.85. The van der Waals surface area contributed by atoms with Gasteiger partial charge in [0.05, 0.1) is 4.90 Å². The summed E-state index contributed by atoms with van der Waals surface area (Å²) < 4.78 is 25.6. The van der Waals surface area contributed by atoms with Gasteiger partial charge in [-0.25, -0.2) is 13.1 Å². The number of amides is 1. The molecule has 2 aromatic carbocycles. The van der Waals surface area contributed by atoms with Crippen molar-refractivity contribution in [3.05, 3.63) is 60.2 Å². The van der Waals surface area contributed by atoms with E-state index in [1.807, 2.05) is 6.07 Å². The molecule has 0 unspecified atom stereocenters. The number of rotatable bonds is 4. The van der Waals surface area contributed by atoms with Crippen LogP contribution < -0.4 is 10.0 Å². The zero-order valence-electron chi connectivity index (χ0n) is 10.8. The summed E-state index contributed by atoms with van der Waals surface area (Å²) in [5.41, 5.74) is 0.935. The summed E-state index contributed by atoms with van der Waals surface area (Å²) in [6, 6.07) is 14.8. The summed E-state index contributed by atoms with van der Waals surface area (Å²) in [4.78, 5) is 12.1. The van der Waals surface area contributed by atoms with Crippen LogP contribution in [0.2, 0.25) is 0 Å². The molecular formula is C14H14N2O3S. The minimum Gasteiger partial charge on any atom is -0.322 e. The molecule has 0 radical (unpaired) electrons. The number of hydrogen-bond donors (Lipinski definition) is 2. The average Bonchev–Trinajstić information content (AvgIpc) is 2.48. The van der Waals surface area contributed by atoms with Crippen LogP contribution in [0.1, 0.15) is 10.4 Å². The van der Waals surface area contributed by atoms with Crippen molar-refractivity contribution in [3.63, 3.8) is 0 Å². The first-order valence-corrected chi connectivity index (χ1v) is 7.41. The van der Waals surface area contributed by atoms with Crippen LogP contribution in [0.4, 0.5) is 5.69 Å². The quantitative estimate of drug-likeness (QED) is 0.902. The molecule has 0 saturated heterocycles. The number of nitrogens with one attached hydrogen (secondary N) is 2. The smallest absolute Gasteiger partial charge is 0.255 e. The van der Waals surface area contributed by atoms with Crippen molar-refractivity contribution in [1.29, 1.82) is 0 Å². The van der Waals surface area contributed by atoms with Crippen LogP contribution in [0.15, 0.2) is 59.5 Å². The lowest BCUT2D eigenvalue weighted by Gasteiger charge is -2.07. The molecule has 104 valence electrons. The van der Waals surface area contributed by atoms with E-state index in [4.69, 9.17) is 0 Å².